The first-order chi connectivity index (χ1) is 13.0. The molecule has 2 aromatic heterocycles. The largest absolute Gasteiger partial charge is 0.366 e. The van der Waals surface area contributed by atoms with Crippen LogP contribution in [0.15, 0.2) is 35.8 Å². The van der Waals surface area contributed by atoms with Gasteiger partial charge in [-0.25, -0.2) is 4.98 Å². The number of carbonyl (C=O) groups is 2. The first-order valence-electron chi connectivity index (χ1n) is 8.93. The minimum absolute atomic E-state index is 0.0371. The molecule has 0 radical (unpaired) electrons. The number of nitrogens with two attached hydrogens (primary N) is 1. The van der Waals surface area contributed by atoms with Crippen molar-refractivity contribution < 1.29 is 9.59 Å². The van der Waals surface area contributed by atoms with Gasteiger partial charge in [0.15, 0.2) is 0 Å². The minimum Gasteiger partial charge on any atom is -0.366 e. The van der Waals surface area contributed by atoms with Crippen molar-refractivity contribution in [2.24, 2.45) is 5.73 Å². The number of aromatic nitrogens is 2. The smallest absolute Gasteiger partial charge is 0.265 e. The fraction of sp³-hybridized carbons (Fsp3) is 0.300. The Morgan fingerprint density at radius 2 is 1.96 bits per heavy atom. The predicted molar refractivity (Wildman–Crippen MR) is 105 cm³/mol. The summed E-state index contributed by atoms with van der Waals surface area (Å²) in [6.45, 7) is 3.12. The number of rotatable bonds is 3. The number of pyridine rings is 1. The van der Waals surface area contributed by atoms with Crippen molar-refractivity contribution in [1.29, 1.82) is 0 Å². The zero-order valence-corrected chi connectivity index (χ0v) is 15.8. The van der Waals surface area contributed by atoms with Crippen LogP contribution in [0.5, 0.6) is 0 Å². The van der Waals surface area contributed by atoms with Gasteiger partial charge in [-0.1, -0.05) is 18.2 Å². The van der Waals surface area contributed by atoms with Crippen molar-refractivity contribution in [1.82, 2.24) is 14.9 Å². The standard InChI is InChI=1S/C20H20N4O2S/c1-12-18(27-11-22-12)20(26)24-8-6-13(7-9-24)17-15(19(21)25)10-14-4-2-3-5-16(14)23-17/h2-5,10-11,13H,6-9H2,1H3,(H2,21,25). The molecule has 1 fully saturated rings. The summed E-state index contributed by atoms with van der Waals surface area (Å²) in [5.41, 5.74) is 10.2. The van der Waals surface area contributed by atoms with Crippen LogP contribution in [0, 0.1) is 6.92 Å². The molecule has 1 aliphatic rings. The van der Waals surface area contributed by atoms with E-state index in [2.05, 4.69) is 4.98 Å². The van der Waals surface area contributed by atoms with Crippen LogP contribution in [-0.4, -0.2) is 39.8 Å². The highest BCUT2D eigenvalue weighted by atomic mass is 32.1. The Hall–Kier alpha value is -2.80. The molecule has 2 amide bonds. The van der Waals surface area contributed by atoms with Gasteiger partial charge in [0.1, 0.15) is 4.88 Å². The molecule has 3 heterocycles. The van der Waals surface area contributed by atoms with E-state index in [1.165, 1.54) is 11.3 Å². The fourth-order valence-electron chi connectivity index (χ4n) is 3.65. The molecule has 27 heavy (non-hydrogen) atoms. The molecule has 0 unspecified atom stereocenters. The number of primary amides is 1. The van der Waals surface area contributed by atoms with Crippen LogP contribution in [0.2, 0.25) is 0 Å². The number of amides is 2. The number of likely N-dealkylation sites (tertiary alicyclic amines) is 1. The number of benzene rings is 1. The highest BCUT2D eigenvalue weighted by molar-refractivity contribution is 7.11. The van der Waals surface area contributed by atoms with Gasteiger partial charge in [0.05, 0.1) is 28.0 Å². The maximum Gasteiger partial charge on any atom is 0.265 e. The van der Waals surface area contributed by atoms with Crippen LogP contribution >= 0.6 is 11.3 Å². The van der Waals surface area contributed by atoms with E-state index >= 15 is 0 Å². The third kappa shape index (κ3) is 3.30. The molecule has 1 saturated heterocycles. The van der Waals surface area contributed by atoms with Crippen LogP contribution in [0.25, 0.3) is 10.9 Å². The van der Waals surface area contributed by atoms with Gasteiger partial charge < -0.3 is 10.6 Å². The lowest BCUT2D eigenvalue weighted by atomic mass is 9.89. The number of fused-ring (bicyclic) bond motifs is 1. The zero-order chi connectivity index (χ0) is 19.0. The number of para-hydroxylation sites is 1. The van der Waals surface area contributed by atoms with Crippen molar-refractivity contribution in [3.05, 3.63) is 57.7 Å². The van der Waals surface area contributed by atoms with E-state index in [1.54, 1.807) is 5.51 Å². The Balaban J connectivity index is 1.57. The SMILES string of the molecule is Cc1ncsc1C(=O)N1CCC(c2nc3ccccc3cc2C(N)=O)CC1. The summed E-state index contributed by atoms with van der Waals surface area (Å²) in [4.78, 5) is 36.1. The third-order valence-corrected chi connectivity index (χ3v) is 6.04. The number of hydrogen-bond donors (Lipinski definition) is 1. The van der Waals surface area contributed by atoms with Gasteiger partial charge >= 0.3 is 0 Å². The van der Waals surface area contributed by atoms with Gasteiger partial charge in [0.2, 0.25) is 0 Å². The van der Waals surface area contributed by atoms with E-state index in [4.69, 9.17) is 10.7 Å². The number of hydrogen-bond acceptors (Lipinski definition) is 5. The molecule has 6 nitrogen and oxygen atoms in total. The lowest BCUT2D eigenvalue weighted by molar-refractivity contribution is 0.0715. The molecule has 0 spiro atoms. The van der Waals surface area contributed by atoms with Crippen molar-refractivity contribution >= 4 is 34.1 Å². The quantitative estimate of drug-likeness (QED) is 0.756. The van der Waals surface area contributed by atoms with Crippen LogP contribution in [0.4, 0.5) is 0 Å². The molecule has 4 rings (SSSR count). The number of carbonyl (C=O) groups excluding carboxylic acids is 2. The topological polar surface area (TPSA) is 89.2 Å². The molecule has 0 bridgehead atoms. The second kappa shape index (κ2) is 7.08. The number of aryl methyl sites for hydroxylation is 1. The molecule has 1 aromatic carbocycles. The van der Waals surface area contributed by atoms with Gasteiger partial charge in [0, 0.05) is 24.4 Å². The van der Waals surface area contributed by atoms with Crippen LogP contribution in [-0.2, 0) is 0 Å². The van der Waals surface area contributed by atoms with E-state index < -0.39 is 5.91 Å². The highest BCUT2D eigenvalue weighted by Crippen LogP contribution is 2.32. The monoisotopic (exact) mass is 380 g/mol. The Labute approximate surface area is 161 Å². The second-order valence-electron chi connectivity index (χ2n) is 6.81. The molecule has 0 aliphatic carbocycles. The Kier molecular flexibility index (Phi) is 4.61. The van der Waals surface area contributed by atoms with Crippen molar-refractivity contribution in [2.45, 2.75) is 25.7 Å². The maximum absolute atomic E-state index is 12.7. The van der Waals surface area contributed by atoms with Gasteiger partial charge in [0.25, 0.3) is 11.8 Å². The molecule has 2 N–H and O–H groups in total. The number of thiazole rings is 1. The minimum atomic E-state index is -0.456. The predicted octanol–water partition coefficient (Wildman–Crippen LogP) is 3.12. The molecular weight excluding hydrogens is 360 g/mol. The maximum atomic E-state index is 12.7. The lowest BCUT2D eigenvalue weighted by Gasteiger charge is -2.32. The molecule has 0 atom stereocenters. The second-order valence-corrected chi connectivity index (χ2v) is 7.67. The van der Waals surface area contributed by atoms with Gasteiger partial charge in [-0.15, -0.1) is 11.3 Å². The van der Waals surface area contributed by atoms with Crippen molar-refractivity contribution in [2.75, 3.05) is 13.1 Å². The first-order valence-corrected chi connectivity index (χ1v) is 9.81. The molecule has 1 aliphatic heterocycles. The molecule has 3 aromatic rings. The normalized spacial score (nSPS) is 15.2. The Bertz CT molecular complexity index is 1020. The van der Waals surface area contributed by atoms with Crippen LogP contribution in [0.1, 0.15) is 50.2 Å². The average Bonchev–Trinajstić information content (AvgIpc) is 3.12. The Morgan fingerprint density at radius 3 is 2.63 bits per heavy atom. The third-order valence-electron chi connectivity index (χ3n) is 5.13. The Morgan fingerprint density at radius 1 is 1.22 bits per heavy atom. The average molecular weight is 380 g/mol. The van der Waals surface area contributed by atoms with Crippen LogP contribution < -0.4 is 5.73 Å². The summed E-state index contributed by atoms with van der Waals surface area (Å²) in [6.07, 6.45) is 1.52. The molecule has 138 valence electrons. The summed E-state index contributed by atoms with van der Waals surface area (Å²) in [5, 5.41) is 0.906. The van der Waals surface area contributed by atoms with Gasteiger partial charge in [-0.05, 0) is 31.9 Å². The van der Waals surface area contributed by atoms with E-state index in [0.29, 0.717) is 23.5 Å². The van der Waals surface area contributed by atoms with Gasteiger partial charge in [-0.3, -0.25) is 14.6 Å². The van der Waals surface area contributed by atoms with E-state index in [9.17, 15) is 9.59 Å². The number of piperidine rings is 1. The van der Waals surface area contributed by atoms with Gasteiger partial charge in [-0.2, -0.15) is 0 Å². The summed E-state index contributed by atoms with van der Waals surface area (Å²) in [7, 11) is 0. The number of nitrogens with zero attached hydrogens (tertiary/aromatic N) is 3. The van der Waals surface area contributed by atoms with Crippen LogP contribution in [0.3, 0.4) is 0 Å². The highest BCUT2D eigenvalue weighted by Gasteiger charge is 2.29. The summed E-state index contributed by atoms with van der Waals surface area (Å²) in [5.74, 6) is -0.305. The van der Waals surface area contributed by atoms with Crippen molar-refractivity contribution in [3.8, 4) is 0 Å². The van der Waals surface area contributed by atoms with E-state index in [-0.39, 0.29) is 11.8 Å². The summed E-state index contributed by atoms with van der Waals surface area (Å²) in [6, 6.07) is 9.55. The molecule has 7 heteroatoms. The lowest BCUT2D eigenvalue weighted by Crippen LogP contribution is -2.38. The zero-order valence-electron chi connectivity index (χ0n) is 15.0. The first kappa shape index (κ1) is 17.6. The molecular formula is C20H20N4O2S. The van der Waals surface area contributed by atoms with E-state index in [0.717, 1.165) is 35.1 Å². The fourth-order valence-corrected chi connectivity index (χ4v) is 4.42. The van der Waals surface area contributed by atoms with Crippen molar-refractivity contribution in [3.63, 3.8) is 0 Å². The molecule has 0 saturated carbocycles. The van der Waals surface area contributed by atoms with E-state index in [1.807, 2.05) is 42.2 Å². The summed E-state index contributed by atoms with van der Waals surface area (Å²) >= 11 is 1.38. The summed E-state index contributed by atoms with van der Waals surface area (Å²) < 4.78 is 0.